The second-order valence-corrected chi connectivity index (χ2v) is 14.2. The summed E-state index contributed by atoms with van der Waals surface area (Å²) in [6.45, 7) is 17.1. The van der Waals surface area contributed by atoms with E-state index in [2.05, 4.69) is 45.3 Å². The van der Waals surface area contributed by atoms with Crippen molar-refractivity contribution in [3.63, 3.8) is 0 Å². The number of ketones is 2. The predicted molar refractivity (Wildman–Crippen MR) is 175 cm³/mol. The third-order valence-electron chi connectivity index (χ3n) is 6.76. The molecule has 0 saturated heterocycles. The molecular formula is C34H39Cl2F6N2O2Zr. The van der Waals surface area contributed by atoms with Gasteiger partial charge < -0.3 is 10.6 Å². The van der Waals surface area contributed by atoms with Crippen LogP contribution in [0, 0.1) is 29.6 Å². The molecule has 0 unspecified atom stereocenters. The summed E-state index contributed by atoms with van der Waals surface area (Å²) in [7, 11) is 9.87. The summed E-state index contributed by atoms with van der Waals surface area (Å²) in [5.74, 6) is 7.09. The van der Waals surface area contributed by atoms with E-state index in [9.17, 15) is 35.9 Å². The zero-order valence-corrected chi connectivity index (χ0v) is 31.6. The summed E-state index contributed by atoms with van der Waals surface area (Å²) in [4.78, 5) is 21.5. The van der Waals surface area contributed by atoms with Crippen LogP contribution in [0.3, 0.4) is 0 Å². The van der Waals surface area contributed by atoms with Gasteiger partial charge in [-0.25, -0.2) is 0 Å². The second kappa shape index (κ2) is 21.1. The third kappa shape index (κ3) is 17.7. The van der Waals surface area contributed by atoms with Crippen molar-refractivity contribution in [2.75, 3.05) is 10.6 Å². The summed E-state index contributed by atoms with van der Waals surface area (Å²) >= 11 is -0.826. The summed E-state index contributed by atoms with van der Waals surface area (Å²) in [5, 5.41) is 5.65. The molecule has 0 bridgehead atoms. The number of anilines is 2. The van der Waals surface area contributed by atoms with E-state index in [1.807, 2.05) is 0 Å². The first-order valence-electron chi connectivity index (χ1n) is 14.0. The molecule has 47 heavy (non-hydrogen) atoms. The molecule has 0 aliphatic heterocycles. The van der Waals surface area contributed by atoms with Crippen molar-refractivity contribution in [2.45, 2.75) is 74.7 Å². The number of hydrogen-bond donors (Lipinski definition) is 2. The number of allylic oxidation sites excluding steroid dienone is 4. The monoisotopic (exact) mass is 781 g/mol. The zero-order chi connectivity index (χ0) is 36.7. The normalized spacial score (nSPS) is 15.3. The number of hydrogen-bond acceptors (Lipinski definition) is 4. The third-order valence-corrected chi connectivity index (χ3v) is 6.76. The molecule has 0 amide bonds. The number of benzene rings is 2. The first-order valence-corrected chi connectivity index (χ1v) is 20.3. The molecule has 1 saturated carbocycles. The quantitative estimate of drug-likeness (QED) is 0.226. The van der Waals surface area contributed by atoms with Crippen molar-refractivity contribution in [1.82, 2.24) is 0 Å². The maximum absolute atomic E-state index is 12.3. The molecule has 0 spiro atoms. The predicted octanol–water partition coefficient (Wildman–Crippen LogP) is 11.6. The number of nitrogens with one attached hydrogen (secondary N) is 2. The number of halogens is 8. The molecule has 2 aromatic rings. The van der Waals surface area contributed by atoms with E-state index in [0.29, 0.717) is 22.8 Å². The van der Waals surface area contributed by atoms with Crippen LogP contribution in [0.5, 0.6) is 0 Å². The van der Waals surface area contributed by atoms with E-state index in [-0.39, 0.29) is 11.6 Å². The van der Waals surface area contributed by atoms with Gasteiger partial charge >= 0.3 is 50.2 Å². The van der Waals surface area contributed by atoms with Gasteiger partial charge in [-0.3, -0.25) is 9.59 Å². The van der Waals surface area contributed by atoms with Gasteiger partial charge in [-0.15, -0.1) is 0 Å². The topological polar surface area (TPSA) is 58.2 Å². The molecule has 1 fully saturated rings. The molecule has 257 valence electrons. The Balaban J connectivity index is 0.000000667. The summed E-state index contributed by atoms with van der Waals surface area (Å²) in [6.07, 6.45) is -5.92. The van der Waals surface area contributed by atoms with Gasteiger partial charge in [0.05, 0.1) is 11.1 Å². The van der Waals surface area contributed by atoms with Crippen LogP contribution < -0.4 is 10.6 Å². The van der Waals surface area contributed by atoms with Gasteiger partial charge in [0.2, 0.25) is 0 Å². The van der Waals surface area contributed by atoms with Crippen molar-refractivity contribution in [1.29, 1.82) is 0 Å². The molecular weight excluding hydrogens is 745 g/mol. The Hall–Kier alpha value is -2.10. The van der Waals surface area contributed by atoms with Crippen LogP contribution in [0.4, 0.5) is 37.7 Å². The zero-order valence-electron chi connectivity index (χ0n) is 27.6. The van der Waals surface area contributed by atoms with Crippen molar-refractivity contribution in [3.05, 3.63) is 113 Å². The first kappa shape index (κ1) is 44.9. The summed E-state index contributed by atoms with van der Waals surface area (Å²) < 4.78 is 73.7. The Morgan fingerprint density at radius 1 is 0.553 bits per heavy atom. The Kier molecular flexibility index (Phi) is 20.1. The fourth-order valence-corrected chi connectivity index (χ4v) is 4.03. The first-order chi connectivity index (χ1) is 21.5. The van der Waals surface area contributed by atoms with Crippen LogP contribution in [0.1, 0.15) is 73.4 Å². The van der Waals surface area contributed by atoms with Crippen LogP contribution in [0.25, 0.3) is 0 Å². The summed E-state index contributed by atoms with van der Waals surface area (Å²) in [5.41, 5.74) is 0.781. The van der Waals surface area contributed by atoms with Gasteiger partial charge in [-0.05, 0) is 118 Å². The second-order valence-electron chi connectivity index (χ2n) is 10.5. The Morgan fingerprint density at radius 3 is 0.936 bits per heavy atom. The van der Waals surface area contributed by atoms with Gasteiger partial charge in [0.1, 0.15) is 0 Å². The molecule has 0 heterocycles. The SMILES string of the molecule is CC(=O)/C=C(/C)Nc1ccc(C(F)(F)F)cc1.CC(=O)/C=C(/C)Nc1ccc(C(F)(F)F)cc1.C[C]1[C](C)[C](C)[C](C)[C]1C.[Cl][Zr][Cl]. The van der Waals surface area contributed by atoms with E-state index in [0.717, 1.165) is 24.3 Å². The van der Waals surface area contributed by atoms with E-state index < -0.39 is 44.3 Å². The Labute approximate surface area is 293 Å². The number of alkyl halides is 6. The maximum atomic E-state index is 12.3. The van der Waals surface area contributed by atoms with Crippen molar-refractivity contribution >= 4 is 40.0 Å². The number of carbonyl (C=O) groups excluding carboxylic acids is 2. The average molecular weight is 784 g/mol. The molecule has 0 atom stereocenters. The molecule has 1 aliphatic rings. The van der Waals surface area contributed by atoms with E-state index >= 15 is 0 Å². The van der Waals surface area contributed by atoms with Crippen LogP contribution in [-0.4, -0.2) is 11.6 Å². The van der Waals surface area contributed by atoms with Gasteiger partial charge in [-0.2, -0.15) is 26.3 Å². The molecule has 2 N–H and O–H groups in total. The molecule has 3 rings (SSSR count). The van der Waals surface area contributed by atoms with Crippen molar-refractivity contribution < 1.29 is 56.8 Å². The van der Waals surface area contributed by atoms with Crippen LogP contribution in [0.2, 0.25) is 0 Å². The molecule has 4 nitrogen and oxygen atoms in total. The molecule has 5 radical (unpaired) electrons. The summed E-state index contributed by atoms with van der Waals surface area (Å²) in [6, 6.07) is 9.24. The van der Waals surface area contributed by atoms with E-state index in [4.69, 9.17) is 17.0 Å². The molecule has 1 aliphatic carbocycles. The van der Waals surface area contributed by atoms with Gasteiger partial charge in [-0.1, -0.05) is 34.6 Å². The minimum absolute atomic E-state index is 0.123. The van der Waals surface area contributed by atoms with Crippen LogP contribution in [-0.2, 0) is 42.8 Å². The standard InChI is InChI=1S/2C12H12F3NO.C10H15.2ClH.Zr/c2*1-8(7-9(2)17)16-11-5-3-10(4-6-11)12(13,14)15;1-6-7(2)9(4)10(5)8(6)3;;;/h2*3-7,16H,1-2H3;1-5H3;2*1H;/q;;;;;+2/p-2/b2*8-7-;;;;. The average Bonchev–Trinajstić information content (AvgIpc) is 3.10. The molecule has 0 aromatic heterocycles. The van der Waals surface area contributed by atoms with E-state index in [1.54, 1.807) is 13.8 Å². The van der Waals surface area contributed by atoms with Crippen molar-refractivity contribution in [2.24, 2.45) is 0 Å². The van der Waals surface area contributed by atoms with Crippen molar-refractivity contribution in [3.8, 4) is 0 Å². The number of rotatable bonds is 6. The fourth-order valence-electron chi connectivity index (χ4n) is 4.03. The number of carbonyl (C=O) groups is 2. The minimum atomic E-state index is -4.33. The Morgan fingerprint density at radius 2 is 0.766 bits per heavy atom. The van der Waals surface area contributed by atoms with Crippen LogP contribution in [0.15, 0.2) is 72.1 Å². The molecule has 13 heteroatoms. The Bertz CT molecular complexity index is 1180. The van der Waals surface area contributed by atoms with E-state index in [1.165, 1.54) is 79.9 Å². The fraction of sp³-hybridized carbons (Fsp3) is 0.324. The van der Waals surface area contributed by atoms with Gasteiger partial charge in [0.15, 0.2) is 11.6 Å². The van der Waals surface area contributed by atoms with Gasteiger partial charge in [0, 0.05) is 22.8 Å². The van der Waals surface area contributed by atoms with Crippen LogP contribution >= 0.6 is 17.0 Å². The van der Waals surface area contributed by atoms with Gasteiger partial charge in [0.25, 0.3) is 0 Å². The molecule has 2 aromatic carbocycles.